The molecule has 2 aromatic carbocycles. The van der Waals surface area contributed by atoms with Gasteiger partial charge in [0, 0.05) is 16.6 Å². The van der Waals surface area contributed by atoms with Crippen LogP contribution in [0.3, 0.4) is 0 Å². The van der Waals surface area contributed by atoms with Gasteiger partial charge in [-0.2, -0.15) is 4.72 Å². The molecule has 9 heteroatoms. The number of benzene rings is 2. The number of hydroxylamine groups is 1. The number of hydrogen-bond donors (Lipinski definition) is 3. The summed E-state index contributed by atoms with van der Waals surface area (Å²) in [5, 5.41) is 9.75. The number of para-hydroxylation sites is 1. The van der Waals surface area contributed by atoms with Gasteiger partial charge in [-0.15, -0.1) is 0 Å². The highest BCUT2D eigenvalue weighted by molar-refractivity contribution is 7.89. The minimum Gasteiger partial charge on any atom is -0.489 e. The van der Waals surface area contributed by atoms with Crippen LogP contribution in [0.25, 0.3) is 10.9 Å². The molecule has 0 aliphatic rings. The average molecular weight is 429 g/mol. The van der Waals surface area contributed by atoms with Crippen LogP contribution in [0.5, 0.6) is 5.75 Å². The highest BCUT2D eigenvalue weighted by Gasteiger charge is 2.33. The zero-order valence-corrected chi connectivity index (χ0v) is 17.7. The van der Waals surface area contributed by atoms with Crippen LogP contribution >= 0.6 is 0 Å². The maximum absolute atomic E-state index is 12.5. The number of nitrogens with one attached hydrogen (secondary N) is 2. The predicted molar refractivity (Wildman–Crippen MR) is 112 cm³/mol. The molecule has 158 valence electrons. The number of hydrogen-bond acceptors (Lipinski definition) is 6. The fourth-order valence-corrected chi connectivity index (χ4v) is 4.35. The second kappa shape index (κ2) is 8.39. The van der Waals surface area contributed by atoms with Crippen LogP contribution in [0.4, 0.5) is 0 Å². The summed E-state index contributed by atoms with van der Waals surface area (Å²) in [6, 6.07) is 15.6. The maximum Gasteiger partial charge on any atom is 0.264 e. The molecule has 0 spiro atoms. The second-order valence-corrected chi connectivity index (χ2v) is 9.05. The Morgan fingerprint density at radius 1 is 1.13 bits per heavy atom. The third-order valence-electron chi connectivity index (χ3n) is 4.52. The quantitative estimate of drug-likeness (QED) is 0.393. The summed E-state index contributed by atoms with van der Waals surface area (Å²) in [5.74, 6) is -0.370. The fraction of sp³-hybridized carbons (Fsp3) is 0.238. The summed E-state index contributed by atoms with van der Waals surface area (Å²) >= 11 is 0. The number of fused-ring (bicyclic) bond motifs is 1. The Kier molecular flexibility index (Phi) is 6.06. The Hall–Kier alpha value is -3.01. The molecular weight excluding hydrogens is 406 g/mol. The standard InChI is InChI=1S/C21H23N3O5S/c1-14-12-15(18-6-4-5-7-19(18)22-14)13-29-16-8-10-17(11-9-16)30(27,28)24-21(2,3)20(25)23-26/h4-12,24,26H,13H2,1-3H3,(H,23,25). The number of aryl methyl sites for hydroxylation is 1. The number of carbonyl (C=O) groups is 1. The van der Waals surface area contributed by atoms with E-state index in [1.807, 2.05) is 37.3 Å². The average Bonchev–Trinajstić information content (AvgIpc) is 2.70. The molecule has 0 radical (unpaired) electrons. The smallest absolute Gasteiger partial charge is 0.264 e. The number of carbonyl (C=O) groups excluding carboxylic acids is 1. The molecule has 0 saturated carbocycles. The summed E-state index contributed by atoms with van der Waals surface area (Å²) in [6.45, 7) is 4.91. The molecule has 0 aliphatic heterocycles. The number of amides is 1. The molecule has 3 rings (SSSR count). The van der Waals surface area contributed by atoms with Gasteiger partial charge < -0.3 is 4.74 Å². The summed E-state index contributed by atoms with van der Waals surface area (Å²) in [6.07, 6.45) is 0. The monoisotopic (exact) mass is 429 g/mol. The van der Waals surface area contributed by atoms with Crippen molar-refractivity contribution in [1.29, 1.82) is 0 Å². The van der Waals surface area contributed by atoms with E-state index < -0.39 is 21.5 Å². The number of ether oxygens (including phenoxy) is 1. The molecule has 3 aromatic rings. The van der Waals surface area contributed by atoms with Gasteiger partial charge in [-0.3, -0.25) is 15.0 Å². The van der Waals surface area contributed by atoms with Crippen LogP contribution in [0.2, 0.25) is 0 Å². The molecule has 1 heterocycles. The van der Waals surface area contributed by atoms with Gasteiger partial charge >= 0.3 is 0 Å². The van der Waals surface area contributed by atoms with Gasteiger partial charge in [0.15, 0.2) is 0 Å². The molecule has 0 fully saturated rings. The molecule has 1 amide bonds. The summed E-state index contributed by atoms with van der Waals surface area (Å²) < 4.78 is 33.1. The van der Waals surface area contributed by atoms with Gasteiger partial charge in [-0.05, 0) is 57.2 Å². The molecule has 0 bridgehead atoms. The zero-order chi connectivity index (χ0) is 21.9. The van der Waals surface area contributed by atoms with E-state index in [0.717, 1.165) is 22.2 Å². The minimum absolute atomic E-state index is 0.0288. The van der Waals surface area contributed by atoms with Gasteiger partial charge in [0.05, 0.1) is 10.4 Å². The SMILES string of the molecule is Cc1cc(COc2ccc(S(=O)(=O)NC(C)(C)C(=O)NO)cc2)c2ccccc2n1. The fourth-order valence-electron chi connectivity index (χ4n) is 2.97. The number of pyridine rings is 1. The van der Waals surface area contributed by atoms with Crippen molar-refractivity contribution in [2.24, 2.45) is 0 Å². The van der Waals surface area contributed by atoms with Crippen molar-refractivity contribution in [3.63, 3.8) is 0 Å². The molecule has 0 atom stereocenters. The van der Waals surface area contributed by atoms with E-state index in [2.05, 4.69) is 9.71 Å². The summed E-state index contributed by atoms with van der Waals surface area (Å²) in [7, 11) is -3.98. The topological polar surface area (TPSA) is 118 Å². The Bertz CT molecular complexity index is 1170. The molecular formula is C21H23N3O5S. The summed E-state index contributed by atoms with van der Waals surface area (Å²) in [4.78, 5) is 16.1. The van der Waals surface area contributed by atoms with Crippen LogP contribution in [-0.4, -0.2) is 30.1 Å². The molecule has 0 saturated heterocycles. The Balaban J connectivity index is 1.75. The van der Waals surface area contributed by atoms with Crippen LogP contribution in [0.1, 0.15) is 25.1 Å². The highest BCUT2D eigenvalue weighted by Crippen LogP contribution is 2.22. The van der Waals surface area contributed by atoms with Gasteiger partial charge in [0.1, 0.15) is 17.9 Å². The van der Waals surface area contributed by atoms with E-state index in [-0.39, 0.29) is 4.90 Å². The Labute approximate surface area is 174 Å². The van der Waals surface area contributed by atoms with Crippen LogP contribution < -0.4 is 14.9 Å². The van der Waals surface area contributed by atoms with E-state index in [1.54, 1.807) is 12.1 Å². The minimum atomic E-state index is -3.98. The number of nitrogens with zero attached hydrogens (tertiary/aromatic N) is 1. The van der Waals surface area contributed by atoms with Gasteiger partial charge in [-0.1, -0.05) is 18.2 Å². The van der Waals surface area contributed by atoms with Crippen LogP contribution in [0, 0.1) is 6.92 Å². The Morgan fingerprint density at radius 2 is 1.80 bits per heavy atom. The largest absolute Gasteiger partial charge is 0.489 e. The van der Waals surface area contributed by atoms with Crippen LogP contribution in [-0.2, 0) is 21.4 Å². The van der Waals surface area contributed by atoms with Crippen LogP contribution in [0.15, 0.2) is 59.5 Å². The molecule has 30 heavy (non-hydrogen) atoms. The van der Waals surface area contributed by atoms with Crippen molar-refractivity contribution in [3.05, 3.63) is 65.9 Å². The normalized spacial score (nSPS) is 12.0. The van der Waals surface area contributed by atoms with Gasteiger partial charge in [0.25, 0.3) is 5.91 Å². The predicted octanol–water partition coefficient (Wildman–Crippen LogP) is 2.68. The molecule has 3 N–H and O–H groups in total. The summed E-state index contributed by atoms with van der Waals surface area (Å²) in [5.41, 5.74) is 2.67. The third kappa shape index (κ3) is 4.76. The van der Waals surface area contributed by atoms with Crippen molar-refractivity contribution in [2.45, 2.75) is 37.8 Å². The Morgan fingerprint density at radius 3 is 2.47 bits per heavy atom. The van der Waals surface area contributed by atoms with E-state index in [4.69, 9.17) is 9.94 Å². The lowest BCUT2D eigenvalue weighted by molar-refractivity contribution is -0.134. The van der Waals surface area contributed by atoms with Gasteiger partial charge in [0.2, 0.25) is 10.0 Å². The zero-order valence-electron chi connectivity index (χ0n) is 16.8. The second-order valence-electron chi connectivity index (χ2n) is 7.37. The van der Waals surface area contributed by atoms with Gasteiger partial charge in [-0.25, -0.2) is 13.9 Å². The number of rotatable bonds is 7. The first kappa shape index (κ1) is 21.7. The van der Waals surface area contributed by atoms with Crippen molar-refractivity contribution < 1.29 is 23.2 Å². The first-order chi connectivity index (χ1) is 14.1. The maximum atomic E-state index is 12.5. The third-order valence-corrected chi connectivity index (χ3v) is 6.19. The first-order valence-electron chi connectivity index (χ1n) is 9.19. The number of aromatic nitrogens is 1. The van der Waals surface area contributed by atoms with E-state index in [9.17, 15) is 13.2 Å². The van der Waals surface area contributed by atoms with Crippen molar-refractivity contribution >= 4 is 26.8 Å². The lowest BCUT2D eigenvalue weighted by Crippen LogP contribution is -2.53. The van der Waals surface area contributed by atoms with Crippen molar-refractivity contribution in [3.8, 4) is 5.75 Å². The molecule has 0 unspecified atom stereocenters. The van der Waals surface area contributed by atoms with Crippen molar-refractivity contribution in [2.75, 3.05) is 0 Å². The van der Waals surface area contributed by atoms with Crippen molar-refractivity contribution in [1.82, 2.24) is 15.2 Å². The lowest BCUT2D eigenvalue weighted by atomic mass is 10.1. The number of sulfonamides is 1. The van der Waals surface area contributed by atoms with E-state index in [0.29, 0.717) is 12.4 Å². The highest BCUT2D eigenvalue weighted by atomic mass is 32.2. The molecule has 1 aromatic heterocycles. The lowest BCUT2D eigenvalue weighted by Gasteiger charge is -2.23. The molecule has 8 nitrogen and oxygen atoms in total. The molecule has 0 aliphatic carbocycles. The van der Waals surface area contributed by atoms with E-state index >= 15 is 0 Å². The van der Waals surface area contributed by atoms with E-state index in [1.165, 1.54) is 31.5 Å². The first-order valence-corrected chi connectivity index (χ1v) is 10.7.